The van der Waals surface area contributed by atoms with Crippen molar-refractivity contribution < 1.29 is 31.8 Å². The summed E-state index contributed by atoms with van der Waals surface area (Å²) >= 11 is 0. The highest BCUT2D eigenvalue weighted by molar-refractivity contribution is 5.94. The van der Waals surface area contributed by atoms with Gasteiger partial charge in [-0.25, -0.2) is 13.8 Å². The number of nitrogens with zero attached hydrogens (tertiary/aromatic N) is 4. The molecule has 1 aliphatic heterocycles. The van der Waals surface area contributed by atoms with Crippen LogP contribution in [0, 0.1) is 11.6 Å². The average Bonchev–Trinajstić information content (AvgIpc) is 3.05. The second-order valence-electron chi connectivity index (χ2n) is 8.84. The van der Waals surface area contributed by atoms with Gasteiger partial charge in [0.05, 0.1) is 16.7 Å². The minimum absolute atomic E-state index is 0.159. The first-order valence-electron chi connectivity index (χ1n) is 10.3. The monoisotopic (exact) mass is 470 g/mol. The van der Waals surface area contributed by atoms with Crippen LogP contribution in [0.3, 0.4) is 0 Å². The normalized spacial score (nSPS) is 18.6. The van der Waals surface area contributed by atoms with Crippen LogP contribution < -0.4 is 4.90 Å². The maximum atomic E-state index is 14.6. The molecule has 2 aromatic heterocycles. The lowest BCUT2D eigenvalue weighted by Gasteiger charge is -2.40. The Kier molecular flexibility index (Phi) is 5.50. The molecule has 0 saturated carbocycles. The van der Waals surface area contributed by atoms with Crippen LogP contribution in [-0.2, 0) is 18.0 Å². The van der Waals surface area contributed by atoms with Gasteiger partial charge in [0.15, 0.2) is 17.4 Å². The molecule has 4 rings (SSSR count). The molecule has 6 nitrogen and oxygen atoms in total. The highest BCUT2D eigenvalue weighted by Crippen LogP contribution is 2.42. The smallest absolute Gasteiger partial charge is 0.419 e. The molecule has 11 heteroatoms. The van der Waals surface area contributed by atoms with E-state index >= 15 is 0 Å². The van der Waals surface area contributed by atoms with Crippen molar-refractivity contribution in [2.75, 3.05) is 18.6 Å². The van der Waals surface area contributed by atoms with E-state index in [1.54, 1.807) is 13.1 Å². The van der Waals surface area contributed by atoms with E-state index in [9.17, 15) is 27.1 Å². The lowest BCUT2D eigenvalue weighted by atomic mass is 9.93. The fourth-order valence-electron chi connectivity index (χ4n) is 4.25. The van der Waals surface area contributed by atoms with Crippen molar-refractivity contribution in [2.24, 2.45) is 7.05 Å². The van der Waals surface area contributed by atoms with Gasteiger partial charge in [0.1, 0.15) is 11.5 Å². The molecule has 0 bridgehead atoms. The van der Waals surface area contributed by atoms with Gasteiger partial charge in [-0.2, -0.15) is 18.3 Å². The highest BCUT2D eigenvalue weighted by Gasteiger charge is 2.38. The van der Waals surface area contributed by atoms with E-state index in [-0.39, 0.29) is 22.7 Å². The molecular formula is C22H23F5N4O2. The summed E-state index contributed by atoms with van der Waals surface area (Å²) in [5.74, 6) is -4.68. The Labute approximate surface area is 186 Å². The third-order valence-corrected chi connectivity index (χ3v) is 6.04. The van der Waals surface area contributed by atoms with E-state index < -0.39 is 34.7 Å². The zero-order valence-electron chi connectivity index (χ0n) is 18.5. The van der Waals surface area contributed by atoms with Crippen LogP contribution in [0.5, 0.6) is 5.75 Å². The predicted molar refractivity (Wildman–Crippen MR) is 112 cm³/mol. The molecule has 1 saturated heterocycles. The van der Waals surface area contributed by atoms with Gasteiger partial charge in [-0.1, -0.05) is 0 Å². The molecule has 3 aromatic rings. The first-order chi connectivity index (χ1) is 15.3. The maximum absolute atomic E-state index is 14.6. The van der Waals surface area contributed by atoms with Crippen molar-refractivity contribution in [2.45, 2.75) is 44.5 Å². The molecule has 0 radical (unpaired) electrons. The zero-order valence-corrected chi connectivity index (χ0v) is 18.5. The van der Waals surface area contributed by atoms with Crippen molar-refractivity contribution in [1.82, 2.24) is 14.8 Å². The largest absolute Gasteiger partial charge is 0.503 e. The Balaban J connectivity index is 1.79. The number of hydrogen-bond donors (Lipinski definition) is 1. The quantitative estimate of drug-likeness (QED) is 0.544. The standard InChI is InChI=1S/C22H23F5N4O2/c1-21(2)9-11(5-6-33-21)30(3)16-8-15-13(10-28-16)19(29-31(15)4)12-7-14(22(25,26)27)18(24)20(32)17(12)23/h7-8,10-11,32H,5-6,9H2,1-4H3. The molecule has 1 atom stereocenters. The van der Waals surface area contributed by atoms with E-state index in [1.807, 2.05) is 25.8 Å². The van der Waals surface area contributed by atoms with Gasteiger partial charge in [0, 0.05) is 50.0 Å². The number of phenolic OH excluding ortho intramolecular Hbond substituents is 1. The van der Waals surface area contributed by atoms with Crippen LogP contribution >= 0.6 is 0 Å². The van der Waals surface area contributed by atoms with Gasteiger partial charge in [-0.15, -0.1) is 0 Å². The average molecular weight is 470 g/mol. The molecule has 1 unspecified atom stereocenters. The van der Waals surface area contributed by atoms with E-state index in [1.165, 1.54) is 10.9 Å². The van der Waals surface area contributed by atoms with Gasteiger partial charge in [-0.05, 0) is 32.8 Å². The topological polar surface area (TPSA) is 63.4 Å². The molecule has 0 spiro atoms. The number of hydrogen-bond acceptors (Lipinski definition) is 5. The third-order valence-electron chi connectivity index (χ3n) is 6.04. The Morgan fingerprint density at radius 3 is 2.55 bits per heavy atom. The molecule has 1 fully saturated rings. The summed E-state index contributed by atoms with van der Waals surface area (Å²) < 4.78 is 75.3. The van der Waals surface area contributed by atoms with Gasteiger partial charge in [0.25, 0.3) is 0 Å². The third kappa shape index (κ3) is 4.09. The Bertz CT molecular complexity index is 1220. The van der Waals surface area contributed by atoms with E-state index in [0.29, 0.717) is 24.0 Å². The molecule has 33 heavy (non-hydrogen) atoms. The second kappa shape index (κ2) is 7.82. The van der Waals surface area contributed by atoms with Crippen molar-refractivity contribution in [1.29, 1.82) is 0 Å². The number of aromatic hydroxyl groups is 1. The molecule has 3 heterocycles. The molecule has 0 aliphatic carbocycles. The number of phenols is 1. The molecular weight excluding hydrogens is 447 g/mol. The molecule has 178 valence electrons. The number of halogens is 5. The molecule has 1 aliphatic rings. The number of rotatable bonds is 3. The SMILES string of the molecule is CN(c1cc2c(cn1)c(-c1cc(C(F)(F)F)c(F)c(O)c1F)nn2C)C1CCOC(C)(C)C1. The predicted octanol–water partition coefficient (Wildman–Crippen LogP) is 5.03. The number of pyridine rings is 1. The summed E-state index contributed by atoms with van der Waals surface area (Å²) in [6, 6.07) is 2.18. The number of anilines is 1. The molecule has 0 amide bonds. The molecule has 1 aromatic carbocycles. The Morgan fingerprint density at radius 1 is 1.21 bits per heavy atom. The van der Waals surface area contributed by atoms with Crippen molar-refractivity contribution in [3.63, 3.8) is 0 Å². The number of alkyl halides is 3. The van der Waals surface area contributed by atoms with Crippen LogP contribution in [0.1, 0.15) is 32.3 Å². The zero-order chi connectivity index (χ0) is 24.3. The van der Waals surface area contributed by atoms with Gasteiger partial charge in [0.2, 0.25) is 0 Å². The Morgan fingerprint density at radius 2 is 1.91 bits per heavy atom. The number of benzene rings is 1. The van der Waals surface area contributed by atoms with E-state index in [0.717, 1.165) is 12.8 Å². The summed E-state index contributed by atoms with van der Waals surface area (Å²) in [4.78, 5) is 6.42. The minimum atomic E-state index is -5.12. The van der Waals surface area contributed by atoms with Crippen LogP contribution in [0.4, 0.5) is 27.8 Å². The van der Waals surface area contributed by atoms with Gasteiger partial charge >= 0.3 is 6.18 Å². The minimum Gasteiger partial charge on any atom is -0.503 e. The van der Waals surface area contributed by atoms with Crippen molar-refractivity contribution >= 4 is 16.7 Å². The van der Waals surface area contributed by atoms with Crippen molar-refractivity contribution in [3.05, 3.63) is 35.5 Å². The molecule has 1 N–H and O–H groups in total. The van der Waals surface area contributed by atoms with E-state index in [2.05, 4.69) is 10.1 Å². The fourth-order valence-corrected chi connectivity index (χ4v) is 4.25. The van der Waals surface area contributed by atoms with E-state index in [4.69, 9.17) is 4.74 Å². The Hall–Kier alpha value is -2.95. The summed E-state index contributed by atoms with van der Waals surface area (Å²) in [7, 11) is 3.45. The summed E-state index contributed by atoms with van der Waals surface area (Å²) in [6.45, 7) is 4.63. The highest BCUT2D eigenvalue weighted by atomic mass is 19.4. The van der Waals surface area contributed by atoms with Gasteiger partial charge in [-0.3, -0.25) is 4.68 Å². The van der Waals surface area contributed by atoms with Crippen molar-refractivity contribution in [3.8, 4) is 17.0 Å². The number of fused-ring (bicyclic) bond motifs is 1. The first-order valence-corrected chi connectivity index (χ1v) is 10.3. The lowest BCUT2D eigenvalue weighted by molar-refractivity contribution is -0.140. The van der Waals surface area contributed by atoms with Gasteiger partial charge < -0.3 is 14.7 Å². The summed E-state index contributed by atoms with van der Waals surface area (Å²) in [5.41, 5.74) is -2.41. The first kappa shape index (κ1) is 23.2. The number of ether oxygens (including phenoxy) is 1. The lowest BCUT2D eigenvalue weighted by Crippen LogP contribution is -2.44. The fraction of sp³-hybridized carbons (Fsp3) is 0.455. The van der Waals surface area contributed by atoms with Crippen LogP contribution in [0.25, 0.3) is 22.2 Å². The maximum Gasteiger partial charge on any atom is 0.419 e. The summed E-state index contributed by atoms with van der Waals surface area (Å²) in [5, 5.41) is 14.1. The summed E-state index contributed by atoms with van der Waals surface area (Å²) in [6.07, 6.45) is -2.15. The van der Waals surface area contributed by atoms with Crippen LogP contribution in [0.15, 0.2) is 18.3 Å². The second-order valence-corrected chi connectivity index (χ2v) is 8.84. The van der Waals surface area contributed by atoms with Crippen LogP contribution in [0.2, 0.25) is 0 Å². The van der Waals surface area contributed by atoms with Crippen LogP contribution in [-0.4, -0.2) is 45.2 Å². The number of aromatic nitrogens is 3. The number of aryl methyl sites for hydroxylation is 1.